The number of nitrogens with zero attached hydrogens (tertiary/aromatic N) is 1. The van der Waals surface area contributed by atoms with Crippen LogP contribution >= 0.6 is 0 Å². The molecule has 3 heterocycles. The van der Waals surface area contributed by atoms with Crippen LogP contribution in [0.25, 0.3) is 22.3 Å². The lowest BCUT2D eigenvalue weighted by molar-refractivity contribution is 0.0547. The molecule has 0 radical (unpaired) electrons. The predicted molar refractivity (Wildman–Crippen MR) is 123 cm³/mol. The number of H-pyrrole nitrogens is 1. The molecule has 4 rings (SSSR count). The van der Waals surface area contributed by atoms with Crippen molar-refractivity contribution in [2.24, 2.45) is 0 Å². The van der Waals surface area contributed by atoms with Gasteiger partial charge in [0.25, 0.3) is 5.56 Å². The summed E-state index contributed by atoms with van der Waals surface area (Å²) in [5.74, 6) is 0. The topological polar surface area (TPSA) is 82.6 Å². The Morgan fingerprint density at radius 3 is 2.41 bits per heavy atom. The van der Waals surface area contributed by atoms with Crippen molar-refractivity contribution < 1.29 is 19.0 Å². The molecule has 0 amide bonds. The number of aromatic amines is 1. The van der Waals surface area contributed by atoms with Gasteiger partial charge in [-0.15, -0.1) is 0 Å². The number of carbonyl (C=O) groups excluding carboxylic acids is 1. The second-order valence-corrected chi connectivity index (χ2v) is 9.09. The average molecular weight is 439 g/mol. The number of nitrogens with one attached hydrogen (secondary N) is 1. The summed E-state index contributed by atoms with van der Waals surface area (Å²) in [7, 11) is 0. The van der Waals surface area contributed by atoms with E-state index in [2.05, 4.69) is 4.98 Å². The summed E-state index contributed by atoms with van der Waals surface area (Å²) < 4.78 is 18.8. The van der Waals surface area contributed by atoms with Crippen molar-refractivity contribution in [3.8, 4) is 11.4 Å². The van der Waals surface area contributed by atoms with Crippen LogP contribution in [0.4, 0.5) is 4.79 Å². The van der Waals surface area contributed by atoms with Gasteiger partial charge in [0.05, 0.1) is 30.1 Å². The summed E-state index contributed by atoms with van der Waals surface area (Å²) in [6, 6.07) is 11.3. The molecule has 7 nitrogen and oxygen atoms in total. The molecule has 0 fully saturated rings. The Balaban J connectivity index is 1.86. The highest BCUT2D eigenvalue weighted by atomic mass is 16.6. The number of aromatic nitrogens is 2. The van der Waals surface area contributed by atoms with E-state index in [1.807, 2.05) is 57.2 Å². The first-order chi connectivity index (χ1) is 15.3. The molecule has 0 aliphatic carbocycles. The van der Waals surface area contributed by atoms with E-state index in [9.17, 15) is 9.59 Å². The highest BCUT2D eigenvalue weighted by molar-refractivity contribution is 5.96. The van der Waals surface area contributed by atoms with Gasteiger partial charge in [-0.3, -0.25) is 4.79 Å². The number of para-hydroxylation sites is 1. The standard InChI is InChI=1S/C25H30N2O5/c1-25(2,3)32-24(29)27-20-10-6-5-9-17(20)14-21(27)22-18-13-19(23(28)26-22)16-31-12-8-4-7-11-30-15-18/h5-6,9-10,13-14H,4,7-8,11-12,15-16H2,1-3H3,(H,26,28). The van der Waals surface area contributed by atoms with Gasteiger partial charge in [-0.2, -0.15) is 0 Å². The second-order valence-electron chi connectivity index (χ2n) is 9.09. The van der Waals surface area contributed by atoms with Gasteiger partial charge in [0.15, 0.2) is 0 Å². The van der Waals surface area contributed by atoms with Crippen LogP contribution < -0.4 is 5.56 Å². The van der Waals surface area contributed by atoms with E-state index in [1.165, 1.54) is 4.57 Å². The van der Waals surface area contributed by atoms with Gasteiger partial charge in [0.1, 0.15) is 5.60 Å². The van der Waals surface area contributed by atoms with E-state index in [4.69, 9.17) is 14.2 Å². The summed E-state index contributed by atoms with van der Waals surface area (Å²) in [4.78, 5) is 29.1. The molecule has 3 aromatic rings. The highest BCUT2D eigenvalue weighted by Crippen LogP contribution is 2.30. The minimum Gasteiger partial charge on any atom is -0.443 e. The first kappa shape index (κ1) is 22.3. The highest BCUT2D eigenvalue weighted by Gasteiger charge is 2.25. The minimum absolute atomic E-state index is 0.234. The zero-order valence-corrected chi connectivity index (χ0v) is 18.9. The molecule has 32 heavy (non-hydrogen) atoms. The Morgan fingerprint density at radius 1 is 1.00 bits per heavy atom. The summed E-state index contributed by atoms with van der Waals surface area (Å²) >= 11 is 0. The molecular weight excluding hydrogens is 408 g/mol. The monoisotopic (exact) mass is 438 g/mol. The van der Waals surface area contributed by atoms with Gasteiger partial charge in [-0.1, -0.05) is 18.2 Å². The Hall–Kier alpha value is -2.90. The normalized spacial score (nSPS) is 15.7. The SMILES string of the molecule is CC(C)(C)OC(=O)n1c(-c2[nH]c(=O)c3cc2COCCCCCOC3)cc2ccccc21. The number of benzene rings is 1. The molecule has 2 aromatic heterocycles. The maximum atomic E-state index is 13.2. The fourth-order valence-electron chi connectivity index (χ4n) is 3.86. The van der Waals surface area contributed by atoms with Gasteiger partial charge in [-0.25, -0.2) is 9.36 Å². The van der Waals surface area contributed by atoms with E-state index < -0.39 is 11.7 Å². The van der Waals surface area contributed by atoms with Crippen LogP contribution in [0.3, 0.4) is 0 Å². The molecule has 170 valence electrons. The third-order valence-electron chi connectivity index (χ3n) is 5.34. The second kappa shape index (κ2) is 9.30. The third kappa shape index (κ3) is 4.95. The Labute approximate surface area is 187 Å². The molecule has 0 saturated heterocycles. The van der Waals surface area contributed by atoms with Crippen LogP contribution in [0.1, 0.15) is 51.2 Å². The lowest BCUT2D eigenvalue weighted by Crippen LogP contribution is -2.28. The van der Waals surface area contributed by atoms with Gasteiger partial charge < -0.3 is 19.2 Å². The molecule has 1 N–H and O–H groups in total. The molecule has 0 spiro atoms. The van der Waals surface area contributed by atoms with Gasteiger partial charge in [-0.05, 0) is 58.2 Å². The third-order valence-corrected chi connectivity index (χ3v) is 5.34. The van der Waals surface area contributed by atoms with E-state index in [-0.39, 0.29) is 12.2 Å². The van der Waals surface area contributed by atoms with Crippen molar-refractivity contribution in [3.63, 3.8) is 0 Å². The lowest BCUT2D eigenvalue weighted by atomic mass is 10.1. The number of pyridine rings is 1. The molecule has 0 saturated carbocycles. The first-order valence-corrected chi connectivity index (χ1v) is 11.1. The number of hydrogen-bond donors (Lipinski definition) is 1. The summed E-state index contributed by atoms with van der Waals surface area (Å²) in [5, 5.41) is 0.878. The van der Waals surface area contributed by atoms with E-state index in [1.54, 1.807) is 0 Å². The zero-order chi connectivity index (χ0) is 22.7. The van der Waals surface area contributed by atoms with Crippen molar-refractivity contribution in [3.05, 3.63) is 57.9 Å². The number of fused-ring (bicyclic) bond motifs is 3. The smallest absolute Gasteiger partial charge is 0.419 e. The number of ether oxygens (including phenoxy) is 3. The fraction of sp³-hybridized carbons (Fsp3) is 0.440. The van der Waals surface area contributed by atoms with Crippen LogP contribution in [0.5, 0.6) is 0 Å². The van der Waals surface area contributed by atoms with Gasteiger partial charge in [0.2, 0.25) is 0 Å². The largest absolute Gasteiger partial charge is 0.443 e. The van der Waals surface area contributed by atoms with Crippen molar-refractivity contribution in [1.29, 1.82) is 0 Å². The van der Waals surface area contributed by atoms with E-state index >= 15 is 0 Å². The van der Waals surface area contributed by atoms with Crippen molar-refractivity contribution in [2.75, 3.05) is 13.2 Å². The first-order valence-electron chi connectivity index (χ1n) is 11.1. The molecule has 0 unspecified atom stereocenters. The maximum Gasteiger partial charge on any atom is 0.419 e. The van der Waals surface area contributed by atoms with Gasteiger partial charge in [0, 0.05) is 29.7 Å². The van der Waals surface area contributed by atoms with E-state index in [0.29, 0.717) is 42.3 Å². The fourth-order valence-corrected chi connectivity index (χ4v) is 3.86. The number of rotatable bonds is 1. The Morgan fingerprint density at radius 2 is 1.69 bits per heavy atom. The molecular formula is C25H30N2O5. The van der Waals surface area contributed by atoms with Crippen molar-refractivity contribution in [2.45, 2.75) is 58.8 Å². The molecule has 1 aliphatic heterocycles. The minimum atomic E-state index is -0.659. The van der Waals surface area contributed by atoms with Crippen LogP contribution in [0, 0.1) is 0 Å². The number of carbonyl (C=O) groups is 1. The Kier molecular flexibility index (Phi) is 6.48. The van der Waals surface area contributed by atoms with Crippen LogP contribution in [0.2, 0.25) is 0 Å². The number of hydrogen-bond acceptors (Lipinski definition) is 5. The molecule has 2 bridgehead atoms. The predicted octanol–water partition coefficient (Wildman–Crippen LogP) is 5.00. The van der Waals surface area contributed by atoms with Gasteiger partial charge >= 0.3 is 6.09 Å². The van der Waals surface area contributed by atoms with Crippen molar-refractivity contribution in [1.82, 2.24) is 9.55 Å². The van der Waals surface area contributed by atoms with E-state index in [0.717, 1.165) is 30.2 Å². The Bertz CT molecular complexity index is 1170. The quantitative estimate of drug-likeness (QED) is 0.578. The van der Waals surface area contributed by atoms with Crippen molar-refractivity contribution >= 4 is 17.0 Å². The molecule has 7 heteroatoms. The molecule has 0 atom stereocenters. The summed E-state index contributed by atoms with van der Waals surface area (Å²) in [6.07, 6.45) is 2.42. The maximum absolute atomic E-state index is 13.2. The zero-order valence-electron chi connectivity index (χ0n) is 18.9. The van der Waals surface area contributed by atoms with Crippen LogP contribution in [-0.2, 0) is 27.4 Å². The molecule has 1 aromatic carbocycles. The summed E-state index contributed by atoms with van der Waals surface area (Å²) in [5.41, 5.74) is 2.29. The molecule has 1 aliphatic rings. The summed E-state index contributed by atoms with van der Waals surface area (Å²) in [6.45, 7) is 7.31. The van der Waals surface area contributed by atoms with Crippen LogP contribution in [-0.4, -0.2) is 34.5 Å². The lowest BCUT2D eigenvalue weighted by Gasteiger charge is -2.21. The average Bonchev–Trinajstić information content (AvgIpc) is 3.11. The van der Waals surface area contributed by atoms with Crippen LogP contribution in [0.15, 0.2) is 41.2 Å².